The fourth-order valence-electron chi connectivity index (χ4n) is 4.25. The molecule has 5 rings (SSSR count). The van der Waals surface area contributed by atoms with Crippen molar-refractivity contribution in [1.82, 2.24) is 30.0 Å². The first kappa shape index (κ1) is 26.2. The predicted molar refractivity (Wildman–Crippen MR) is 143 cm³/mol. The van der Waals surface area contributed by atoms with Gasteiger partial charge in [-0.2, -0.15) is 9.97 Å². The molecule has 1 amide bonds. The zero-order chi connectivity index (χ0) is 27.9. The second kappa shape index (κ2) is 9.71. The summed E-state index contributed by atoms with van der Waals surface area (Å²) in [6, 6.07) is 12.4. The maximum absolute atomic E-state index is 12.6. The fraction of sp³-hybridized carbons (Fsp3) is 0.333. The number of hydrogen-bond acceptors (Lipinski definition) is 11. The molecule has 1 aliphatic rings. The lowest BCUT2D eigenvalue weighted by Gasteiger charge is -2.27. The van der Waals surface area contributed by atoms with E-state index in [1.165, 1.54) is 6.20 Å². The molecule has 39 heavy (non-hydrogen) atoms. The van der Waals surface area contributed by atoms with Crippen LogP contribution in [0.15, 0.2) is 53.2 Å². The number of benzene rings is 1. The highest BCUT2D eigenvalue weighted by atomic mass is 16.5. The molecule has 1 aromatic carbocycles. The lowest BCUT2D eigenvalue weighted by Crippen LogP contribution is -2.35. The van der Waals surface area contributed by atoms with Gasteiger partial charge in [0.2, 0.25) is 11.8 Å². The molecule has 0 fully saturated rings. The Balaban J connectivity index is 1.52. The Morgan fingerprint density at radius 3 is 2.49 bits per heavy atom. The molecule has 1 atom stereocenters. The van der Waals surface area contributed by atoms with E-state index in [0.717, 1.165) is 5.56 Å². The van der Waals surface area contributed by atoms with Gasteiger partial charge in [0.15, 0.2) is 0 Å². The van der Waals surface area contributed by atoms with E-state index in [-0.39, 0.29) is 30.2 Å². The molecule has 0 aliphatic carbocycles. The minimum atomic E-state index is -1.31. The van der Waals surface area contributed by atoms with E-state index in [2.05, 4.69) is 35.7 Å². The van der Waals surface area contributed by atoms with E-state index in [9.17, 15) is 15.0 Å². The number of rotatable bonds is 8. The number of carbonyl (C=O) groups is 1. The van der Waals surface area contributed by atoms with Crippen LogP contribution < -0.4 is 10.6 Å². The number of carbonyl (C=O) groups excluding carboxylic acids is 1. The summed E-state index contributed by atoms with van der Waals surface area (Å²) in [7, 11) is 1.75. The van der Waals surface area contributed by atoms with Crippen molar-refractivity contribution in [3.05, 3.63) is 71.3 Å². The number of aromatic nitrogens is 5. The summed E-state index contributed by atoms with van der Waals surface area (Å²) in [5.74, 6) is 1.13. The molecule has 12 heteroatoms. The molecule has 1 aliphatic heterocycles. The summed E-state index contributed by atoms with van der Waals surface area (Å²) < 4.78 is 5.42. The van der Waals surface area contributed by atoms with Gasteiger partial charge in [-0.15, -0.1) is 0 Å². The number of nitrogens with zero attached hydrogens (tertiary/aromatic N) is 6. The normalized spacial score (nSPS) is 15.3. The average Bonchev–Trinajstić information content (AvgIpc) is 3.47. The first-order chi connectivity index (χ1) is 18.5. The Morgan fingerprint density at radius 1 is 1.08 bits per heavy atom. The summed E-state index contributed by atoms with van der Waals surface area (Å²) in [6.45, 7) is 6.77. The van der Waals surface area contributed by atoms with Crippen LogP contribution >= 0.6 is 0 Å². The van der Waals surface area contributed by atoms with E-state index in [4.69, 9.17) is 4.52 Å². The molecule has 202 valence electrons. The van der Waals surface area contributed by atoms with Crippen LogP contribution in [0.2, 0.25) is 0 Å². The highest BCUT2D eigenvalue weighted by Crippen LogP contribution is 2.37. The van der Waals surface area contributed by atoms with Gasteiger partial charge in [-0.25, -0.2) is 9.97 Å². The van der Waals surface area contributed by atoms with Gasteiger partial charge < -0.3 is 30.3 Å². The summed E-state index contributed by atoms with van der Waals surface area (Å²) >= 11 is 0. The van der Waals surface area contributed by atoms with Crippen molar-refractivity contribution in [1.29, 1.82) is 0 Å². The lowest BCUT2D eigenvalue weighted by molar-refractivity contribution is 0.0659. The van der Waals surface area contributed by atoms with Gasteiger partial charge in [-0.1, -0.05) is 35.5 Å². The van der Waals surface area contributed by atoms with E-state index < -0.39 is 17.2 Å². The third-order valence-corrected chi connectivity index (χ3v) is 6.78. The van der Waals surface area contributed by atoms with Crippen LogP contribution in [0.4, 0.5) is 17.6 Å². The zero-order valence-electron chi connectivity index (χ0n) is 22.3. The molecule has 0 unspecified atom stereocenters. The lowest BCUT2D eigenvalue weighted by atomic mass is 10.00. The maximum atomic E-state index is 12.6. The molecule has 4 aromatic rings. The highest BCUT2D eigenvalue weighted by molar-refractivity contribution is 5.99. The molecule has 0 radical (unpaired) electrons. The van der Waals surface area contributed by atoms with Gasteiger partial charge in [0.05, 0.1) is 29.4 Å². The van der Waals surface area contributed by atoms with Gasteiger partial charge in [-0.3, -0.25) is 4.79 Å². The molecule has 4 N–H and O–H groups in total. The standard InChI is InChI=1S/C27H30N8O4/c1-26(2)20-16(23(37)35(26)5)11-12-19(30-20)31-25-28-13-17(22-33-24(34-39-22)27(3,4)38)21(32-25)29-18(14-36)15-9-7-6-8-10-15/h6-13,18,36,38H,14H2,1-5H3,(H2,28,29,30,31,32)/t18-/m1/s1. The minimum absolute atomic E-state index is 0.0814. The molecular weight excluding hydrogens is 500 g/mol. The summed E-state index contributed by atoms with van der Waals surface area (Å²) in [4.78, 5) is 32.3. The van der Waals surface area contributed by atoms with Crippen molar-refractivity contribution in [2.45, 2.75) is 44.9 Å². The SMILES string of the molecule is CN1C(=O)c2ccc(Nc3ncc(-c4nc(C(C)(C)O)no4)c(N[C@H](CO)c4ccccc4)n3)nc2C1(C)C. The highest BCUT2D eigenvalue weighted by Gasteiger charge is 2.42. The Morgan fingerprint density at radius 2 is 1.82 bits per heavy atom. The summed E-state index contributed by atoms with van der Waals surface area (Å²) in [6.07, 6.45) is 1.51. The number of fused-ring (bicyclic) bond motifs is 1. The Hall–Kier alpha value is -4.42. The van der Waals surface area contributed by atoms with Gasteiger partial charge in [0, 0.05) is 13.2 Å². The van der Waals surface area contributed by atoms with E-state index >= 15 is 0 Å². The number of pyridine rings is 1. The summed E-state index contributed by atoms with van der Waals surface area (Å²) in [5, 5.41) is 30.7. The van der Waals surface area contributed by atoms with E-state index in [1.54, 1.807) is 37.9 Å². The number of aliphatic hydroxyl groups excluding tert-OH is 1. The van der Waals surface area contributed by atoms with Gasteiger partial charge in [0.25, 0.3) is 11.8 Å². The van der Waals surface area contributed by atoms with Gasteiger partial charge in [-0.05, 0) is 45.4 Å². The minimum Gasteiger partial charge on any atom is -0.394 e. The molecule has 4 heterocycles. The van der Waals surface area contributed by atoms with Crippen LogP contribution in [-0.4, -0.2) is 59.8 Å². The Bertz CT molecular complexity index is 1510. The van der Waals surface area contributed by atoms with Gasteiger partial charge in [0.1, 0.15) is 22.8 Å². The topological polar surface area (TPSA) is 162 Å². The first-order valence-corrected chi connectivity index (χ1v) is 12.4. The van der Waals surface area contributed by atoms with Crippen molar-refractivity contribution < 1.29 is 19.5 Å². The number of nitrogens with one attached hydrogen (secondary N) is 2. The summed E-state index contributed by atoms with van der Waals surface area (Å²) in [5.41, 5.74) is 0.564. The van der Waals surface area contributed by atoms with Crippen LogP contribution in [0.3, 0.4) is 0 Å². The Kier molecular flexibility index (Phi) is 6.52. The molecule has 0 spiro atoms. The number of hydrogen-bond donors (Lipinski definition) is 4. The zero-order valence-corrected chi connectivity index (χ0v) is 22.3. The van der Waals surface area contributed by atoms with Crippen molar-refractivity contribution >= 4 is 23.5 Å². The van der Waals surface area contributed by atoms with E-state index in [0.29, 0.717) is 28.5 Å². The molecule has 12 nitrogen and oxygen atoms in total. The van der Waals surface area contributed by atoms with E-state index in [1.807, 2.05) is 44.2 Å². The smallest absolute Gasteiger partial charge is 0.263 e. The predicted octanol–water partition coefficient (Wildman–Crippen LogP) is 3.36. The Labute approximate surface area is 225 Å². The first-order valence-electron chi connectivity index (χ1n) is 12.4. The molecule has 0 saturated heterocycles. The second-order valence-corrected chi connectivity index (χ2v) is 10.4. The van der Waals surface area contributed by atoms with Crippen molar-refractivity contribution in [2.24, 2.45) is 0 Å². The van der Waals surface area contributed by atoms with Crippen LogP contribution in [0, 0.1) is 0 Å². The van der Waals surface area contributed by atoms with Gasteiger partial charge >= 0.3 is 0 Å². The molecule has 3 aromatic heterocycles. The van der Waals surface area contributed by atoms with Crippen LogP contribution in [0.25, 0.3) is 11.5 Å². The third kappa shape index (κ3) is 4.91. The third-order valence-electron chi connectivity index (χ3n) is 6.78. The molecule has 0 bridgehead atoms. The monoisotopic (exact) mass is 530 g/mol. The number of anilines is 3. The van der Waals surface area contributed by atoms with Crippen LogP contribution in [-0.2, 0) is 11.1 Å². The number of amides is 1. The average molecular weight is 531 g/mol. The largest absolute Gasteiger partial charge is 0.394 e. The molecule has 0 saturated carbocycles. The number of aliphatic hydroxyl groups is 2. The van der Waals surface area contributed by atoms with Crippen molar-refractivity contribution in [2.75, 3.05) is 24.3 Å². The van der Waals surface area contributed by atoms with Crippen molar-refractivity contribution in [3.63, 3.8) is 0 Å². The van der Waals surface area contributed by atoms with Crippen molar-refractivity contribution in [3.8, 4) is 11.5 Å². The maximum Gasteiger partial charge on any atom is 0.263 e. The second-order valence-electron chi connectivity index (χ2n) is 10.4. The quantitative estimate of drug-likeness (QED) is 0.264. The fourth-order valence-corrected chi connectivity index (χ4v) is 4.25. The molecular formula is C27H30N8O4. The van der Waals surface area contributed by atoms with Crippen LogP contribution in [0.1, 0.15) is 61.2 Å². The van der Waals surface area contributed by atoms with Crippen LogP contribution in [0.5, 0.6) is 0 Å².